The Hall–Kier alpha value is -1.80. The third-order valence-corrected chi connectivity index (χ3v) is 4.80. The zero-order valence-corrected chi connectivity index (χ0v) is 12.1. The fraction of sp³-hybridized carbons (Fsp3) is 0.538. The van der Waals surface area contributed by atoms with Crippen molar-refractivity contribution in [3.63, 3.8) is 0 Å². The van der Waals surface area contributed by atoms with Gasteiger partial charge in [0.1, 0.15) is 11.0 Å². The van der Waals surface area contributed by atoms with Crippen LogP contribution in [0.15, 0.2) is 23.1 Å². The number of ether oxygens (including phenoxy) is 1. The van der Waals surface area contributed by atoms with E-state index in [4.69, 9.17) is 4.74 Å². The fourth-order valence-corrected chi connectivity index (χ4v) is 3.46. The van der Waals surface area contributed by atoms with Gasteiger partial charge in [-0.2, -0.15) is 5.10 Å². The molecule has 110 valence electrons. The molecule has 2 fully saturated rings. The first kappa shape index (κ1) is 12.9. The second kappa shape index (κ2) is 5.19. The van der Waals surface area contributed by atoms with Crippen molar-refractivity contribution in [1.29, 1.82) is 0 Å². The second-order valence-electron chi connectivity index (χ2n) is 5.38. The molecule has 1 saturated heterocycles. The number of aromatic nitrogens is 4. The summed E-state index contributed by atoms with van der Waals surface area (Å²) in [5.74, 6) is 0.604. The quantitative estimate of drug-likeness (QED) is 0.908. The molecule has 2 atom stereocenters. The van der Waals surface area contributed by atoms with E-state index in [2.05, 4.69) is 20.6 Å². The van der Waals surface area contributed by atoms with E-state index >= 15 is 0 Å². The van der Waals surface area contributed by atoms with Gasteiger partial charge in [-0.05, 0) is 18.9 Å². The van der Waals surface area contributed by atoms with Crippen LogP contribution in [-0.2, 0) is 4.74 Å². The zero-order chi connectivity index (χ0) is 14.2. The molecule has 0 aromatic carbocycles. The predicted octanol–water partition coefficient (Wildman–Crippen LogP) is 1.02. The molecule has 0 bridgehead atoms. The van der Waals surface area contributed by atoms with Gasteiger partial charge in [0.25, 0.3) is 5.56 Å². The van der Waals surface area contributed by atoms with Crippen molar-refractivity contribution in [2.75, 3.05) is 18.5 Å². The second-order valence-corrected chi connectivity index (χ2v) is 6.39. The number of anilines is 1. The molecule has 1 aliphatic carbocycles. The van der Waals surface area contributed by atoms with Gasteiger partial charge in [-0.15, -0.1) is 10.2 Å². The lowest BCUT2D eigenvalue weighted by Crippen LogP contribution is -2.36. The predicted molar refractivity (Wildman–Crippen MR) is 77.6 cm³/mol. The van der Waals surface area contributed by atoms with Crippen LogP contribution in [0, 0.1) is 0 Å². The summed E-state index contributed by atoms with van der Waals surface area (Å²) in [5.41, 5.74) is -0.115. The van der Waals surface area contributed by atoms with Crippen LogP contribution >= 0.6 is 11.3 Å². The Labute approximate surface area is 125 Å². The molecule has 3 heterocycles. The summed E-state index contributed by atoms with van der Waals surface area (Å²) in [6.07, 6.45) is 4.05. The monoisotopic (exact) mass is 305 g/mol. The first-order valence-electron chi connectivity index (χ1n) is 7.03. The van der Waals surface area contributed by atoms with E-state index in [0.29, 0.717) is 19.1 Å². The van der Waals surface area contributed by atoms with Crippen LogP contribution in [0.25, 0.3) is 0 Å². The molecule has 0 radical (unpaired) electrons. The van der Waals surface area contributed by atoms with Crippen molar-refractivity contribution in [2.45, 2.75) is 30.8 Å². The Morgan fingerprint density at radius 1 is 1.33 bits per heavy atom. The molecule has 21 heavy (non-hydrogen) atoms. The van der Waals surface area contributed by atoms with Crippen molar-refractivity contribution < 1.29 is 4.74 Å². The van der Waals surface area contributed by atoms with Gasteiger partial charge < -0.3 is 10.1 Å². The molecule has 0 spiro atoms. The Bertz CT molecular complexity index is 696. The molecule has 1 aliphatic heterocycles. The van der Waals surface area contributed by atoms with Crippen LogP contribution in [-0.4, -0.2) is 39.2 Å². The third kappa shape index (κ3) is 2.56. The van der Waals surface area contributed by atoms with Gasteiger partial charge in [0.15, 0.2) is 0 Å². The summed E-state index contributed by atoms with van der Waals surface area (Å²) < 4.78 is 6.99. The molecule has 1 saturated carbocycles. The van der Waals surface area contributed by atoms with E-state index in [1.165, 1.54) is 23.6 Å². The lowest BCUT2D eigenvalue weighted by molar-refractivity contribution is 0.182. The highest BCUT2D eigenvalue weighted by molar-refractivity contribution is 7.15. The van der Waals surface area contributed by atoms with Crippen molar-refractivity contribution in [3.8, 4) is 0 Å². The molecule has 8 heteroatoms. The first-order chi connectivity index (χ1) is 10.3. The van der Waals surface area contributed by atoms with E-state index in [1.54, 1.807) is 23.6 Å². The van der Waals surface area contributed by atoms with Gasteiger partial charge >= 0.3 is 0 Å². The van der Waals surface area contributed by atoms with Crippen LogP contribution in [0.4, 0.5) is 5.13 Å². The standard InChI is InChI=1S/C13H15N5O2S/c19-11-2-1-5-14-18(11)10-7-20-6-9(10)15-13-17-16-12(21-13)8-3-4-8/h1-2,5,8-10H,3-4,6-7H2,(H,15,17). The van der Waals surface area contributed by atoms with Gasteiger partial charge in [0.2, 0.25) is 5.13 Å². The molecule has 4 rings (SSSR count). The first-order valence-corrected chi connectivity index (χ1v) is 7.84. The Balaban J connectivity index is 1.53. The summed E-state index contributed by atoms with van der Waals surface area (Å²) in [4.78, 5) is 11.9. The van der Waals surface area contributed by atoms with Crippen molar-refractivity contribution >= 4 is 16.5 Å². The minimum Gasteiger partial charge on any atom is -0.377 e. The van der Waals surface area contributed by atoms with Crippen LogP contribution < -0.4 is 10.9 Å². The van der Waals surface area contributed by atoms with Crippen LogP contribution in [0.2, 0.25) is 0 Å². The van der Waals surface area contributed by atoms with E-state index in [0.717, 1.165) is 10.1 Å². The normalized spacial score (nSPS) is 25.1. The largest absolute Gasteiger partial charge is 0.377 e. The maximum atomic E-state index is 11.9. The molecule has 7 nitrogen and oxygen atoms in total. The van der Waals surface area contributed by atoms with Crippen LogP contribution in [0.3, 0.4) is 0 Å². The third-order valence-electron chi connectivity index (χ3n) is 3.78. The molecule has 1 N–H and O–H groups in total. The fourth-order valence-electron chi connectivity index (χ4n) is 2.49. The molecule has 2 aromatic heterocycles. The van der Waals surface area contributed by atoms with Gasteiger partial charge in [-0.1, -0.05) is 11.3 Å². The van der Waals surface area contributed by atoms with Crippen molar-refractivity contribution in [2.24, 2.45) is 0 Å². The zero-order valence-electron chi connectivity index (χ0n) is 11.3. The average Bonchev–Trinajstić information content (AvgIpc) is 3.07. The minimum absolute atomic E-state index is 0.0161. The lowest BCUT2D eigenvalue weighted by Gasteiger charge is -2.19. The van der Waals surface area contributed by atoms with Crippen molar-refractivity contribution in [3.05, 3.63) is 33.7 Å². The summed E-state index contributed by atoms with van der Waals surface area (Å²) in [5, 5.41) is 17.8. The Morgan fingerprint density at radius 2 is 2.24 bits per heavy atom. The summed E-state index contributed by atoms with van der Waals surface area (Å²) >= 11 is 1.60. The van der Waals surface area contributed by atoms with Crippen molar-refractivity contribution in [1.82, 2.24) is 20.0 Å². The lowest BCUT2D eigenvalue weighted by atomic mass is 10.2. The van der Waals surface area contributed by atoms with E-state index in [-0.39, 0.29) is 17.6 Å². The smallest absolute Gasteiger partial charge is 0.267 e. The molecular weight excluding hydrogens is 290 g/mol. The van der Waals surface area contributed by atoms with Crippen LogP contribution in [0.1, 0.15) is 29.8 Å². The molecular formula is C13H15N5O2S. The van der Waals surface area contributed by atoms with Gasteiger partial charge in [-0.25, -0.2) is 4.68 Å². The molecule has 0 amide bonds. The Kier molecular flexibility index (Phi) is 3.19. The van der Waals surface area contributed by atoms with Gasteiger partial charge in [-0.3, -0.25) is 4.79 Å². The number of hydrogen-bond donors (Lipinski definition) is 1. The molecule has 2 unspecified atom stereocenters. The highest BCUT2D eigenvalue weighted by Crippen LogP contribution is 2.42. The average molecular weight is 305 g/mol. The number of rotatable bonds is 4. The minimum atomic E-state index is -0.119. The van der Waals surface area contributed by atoms with Gasteiger partial charge in [0, 0.05) is 18.2 Å². The van der Waals surface area contributed by atoms with E-state index in [9.17, 15) is 4.79 Å². The number of hydrogen-bond acceptors (Lipinski definition) is 7. The molecule has 2 aliphatic rings. The summed E-state index contributed by atoms with van der Waals surface area (Å²) in [6.45, 7) is 1.01. The van der Waals surface area contributed by atoms with Gasteiger partial charge in [0.05, 0.1) is 19.3 Å². The Morgan fingerprint density at radius 3 is 3.05 bits per heavy atom. The molecule has 2 aromatic rings. The maximum Gasteiger partial charge on any atom is 0.267 e. The maximum absolute atomic E-state index is 11.9. The highest BCUT2D eigenvalue weighted by atomic mass is 32.1. The topological polar surface area (TPSA) is 81.9 Å². The van der Waals surface area contributed by atoms with Crippen LogP contribution in [0.5, 0.6) is 0 Å². The van der Waals surface area contributed by atoms with E-state index in [1.807, 2.05) is 0 Å². The highest BCUT2D eigenvalue weighted by Gasteiger charge is 2.33. The summed E-state index contributed by atoms with van der Waals surface area (Å²) in [6, 6.07) is 3.02. The number of nitrogens with one attached hydrogen (secondary N) is 1. The van der Waals surface area contributed by atoms with E-state index < -0.39 is 0 Å². The SMILES string of the molecule is O=c1cccnn1C1COCC1Nc1nnc(C2CC2)s1. The number of nitrogens with zero attached hydrogens (tertiary/aromatic N) is 4. The summed E-state index contributed by atoms with van der Waals surface area (Å²) in [7, 11) is 0.